The van der Waals surface area contributed by atoms with Crippen LogP contribution >= 0.6 is 24.0 Å². The number of aromatic nitrogens is 2. The summed E-state index contributed by atoms with van der Waals surface area (Å²) in [5.74, 6) is 2.71. The molecule has 0 radical (unpaired) electrons. The zero-order valence-corrected chi connectivity index (χ0v) is 15.5. The summed E-state index contributed by atoms with van der Waals surface area (Å²) in [6.07, 6.45) is 2.69. The van der Waals surface area contributed by atoms with Crippen LogP contribution in [0.2, 0.25) is 0 Å². The molecule has 1 aliphatic carbocycles. The standard InChI is InChI=1S/C16H23N5.HI/c1-3-17-16(18-10-12-8-9-12)19-11-15-20-13-6-4-5-7-14(13)21(15)2;/h4-7,12H,3,8-11H2,1-2H3,(H2,17,18,19);1H. The lowest BCUT2D eigenvalue weighted by Gasteiger charge is -2.10. The third-order valence-electron chi connectivity index (χ3n) is 3.86. The summed E-state index contributed by atoms with van der Waals surface area (Å²) in [6.45, 7) is 4.57. The number of nitrogens with zero attached hydrogens (tertiary/aromatic N) is 3. The largest absolute Gasteiger partial charge is 0.357 e. The predicted octanol–water partition coefficient (Wildman–Crippen LogP) is 2.66. The second-order valence-electron chi connectivity index (χ2n) is 5.60. The van der Waals surface area contributed by atoms with Gasteiger partial charge in [0.2, 0.25) is 0 Å². The highest BCUT2D eigenvalue weighted by molar-refractivity contribution is 14.0. The van der Waals surface area contributed by atoms with Crippen LogP contribution in [-0.4, -0.2) is 28.6 Å². The Balaban J connectivity index is 0.00000176. The van der Waals surface area contributed by atoms with E-state index in [9.17, 15) is 0 Å². The average molecular weight is 413 g/mol. The van der Waals surface area contributed by atoms with E-state index in [1.54, 1.807) is 0 Å². The summed E-state index contributed by atoms with van der Waals surface area (Å²) in [5, 5.41) is 6.70. The third kappa shape index (κ3) is 4.12. The lowest BCUT2D eigenvalue weighted by atomic mass is 10.3. The number of fused-ring (bicyclic) bond motifs is 1. The van der Waals surface area contributed by atoms with Crippen LogP contribution in [0.5, 0.6) is 0 Å². The lowest BCUT2D eigenvalue weighted by Crippen LogP contribution is -2.38. The van der Waals surface area contributed by atoms with E-state index in [2.05, 4.69) is 38.2 Å². The number of imidazole rings is 1. The van der Waals surface area contributed by atoms with E-state index >= 15 is 0 Å². The zero-order chi connectivity index (χ0) is 14.7. The molecule has 22 heavy (non-hydrogen) atoms. The molecular formula is C16H24IN5. The van der Waals surface area contributed by atoms with Gasteiger partial charge in [-0.25, -0.2) is 9.98 Å². The molecule has 0 spiro atoms. The van der Waals surface area contributed by atoms with E-state index in [0.717, 1.165) is 41.8 Å². The quantitative estimate of drug-likeness (QED) is 0.450. The van der Waals surface area contributed by atoms with Gasteiger partial charge >= 0.3 is 0 Å². The van der Waals surface area contributed by atoms with Crippen LogP contribution in [0, 0.1) is 5.92 Å². The molecule has 2 N–H and O–H groups in total. The molecule has 0 bridgehead atoms. The van der Waals surface area contributed by atoms with Gasteiger partial charge in [0.25, 0.3) is 0 Å². The van der Waals surface area contributed by atoms with Crippen LogP contribution in [0.1, 0.15) is 25.6 Å². The number of halogens is 1. The first-order valence-electron chi connectivity index (χ1n) is 7.70. The van der Waals surface area contributed by atoms with E-state index in [0.29, 0.717) is 6.54 Å². The Hall–Kier alpha value is -1.31. The summed E-state index contributed by atoms with van der Waals surface area (Å²) in [5.41, 5.74) is 2.18. The number of hydrogen-bond acceptors (Lipinski definition) is 2. The second-order valence-corrected chi connectivity index (χ2v) is 5.60. The van der Waals surface area contributed by atoms with Gasteiger partial charge in [0.05, 0.1) is 11.0 Å². The van der Waals surface area contributed by atoms with E-state index in [4.69, 9.17) is 0 Å². The van der Waals surface area contributed by atoms with E-state index in [1.807, 2.05) is 25.2 Å². The third-order valence-corrected chi connectivity index (χ3v) is 3.86. The van der Waals surface area contributed by atoms with Crippen LogP contribution in [0.4, 0.5) is 0 Å². The normalized spacial score (nSPS) is 14.7. The maximum atomic E-state index is 4.65. The zero-order valence-electron chi connectivity index (χ0n) is 13.2. The molecule has 120 valence electrons. The molecule has 3 rings (SSSR count). The summed E-state index contributed by atoms with van der Waals surface area (Å²) in [6, 6.07) is 8.19. The van der Waals surface area contributed by atoms with Gasteiger partial charge in [0, 0.05) is 20.1 Å². The van der Waals surface area contributed by atoms with Crippen molar-refractivity contribution in [3.8, 4) is 0 Å². The van der Waals surface area contributed by atoms with Gasteiger partial charge in [0.1, 0.15) is 12.4 Å². The molecule has 0 unspecified atom stereocenters. The van der Waals surface area contributed by atoms with Crippen molar-refractivity contribution in [1.29, 1.82) is 0 Å². The fourth-order valence-electron chi connectivity index (χ4n) is 2.39. The number of hydrogen-bond donors (Lipinski definition) is 2. The molecule has 6 heteroatoms. The molecule has 1 fully saturated rings. The minimum Gasteiger partial charge on any atom is -0.357 e. The molecule has 1 heterocycles. The van der Waals surface area contributed by atoms with Gasteiger partial charge in [-0.1, -0.05) is 12.1 Å². The van der Waals surface area contributed by atoms with Crippen molar-refractivity contribution < 1.29 is 0 Å². The molecule has 5 nitrogen and oxygen atoms in total. The Kier molecular flexibility index (Phi) is 6.05. The van der Waals surface area contributed by atoms with Gasteiger partial charge in [-0.05, 0) is 37.8 Å². The van der Waals surface area contributed by atoms with E-state index in [-0.39, 0.29) is 24.0 Å². The Bertz CT molecular complexity index is 645. The smallest absolute Gasteiger partial charge is 0.191 e. The van der Waals surface area contributed by atoms with Gasteiger partial charge in [-0.3, -0.25) is 0 Å². The molecular weight excluding hydrogens is 389 g/mol. The summed E-state index contributed by atoms with van der Waals surface area (Å²) in [4.78, 5) is 9.30. The van der Waals surface area contributed by atoms with Crippen molar-refractivity contribution in [1.82, 2.24) is 20.2 Å². The van der Waals surface area contributed by atoms with Crippen molar-refractivity contribution in [2.24, 2.45) is 18.0 Å². The molecule has 1 aromatic heterocycles. The van der Waals surface area contributed by atoms with Gasteiger partial charge in [-0.2, -0.15) is 0 Å². The Labute approximate surface area is 148 Å². The fourth-order valence-corrected chi connectivity index (χ4v) is 2.39. The van der Waals surface area contributed by atoms with Crippen molar-refractivity contribution in [3.63, 3.8) is 0 Å². The topological polar surface area (TPSA) is 54.2 Å². The van der Waals surface area contributed by atoms with Crippen LogP contribution < -0.4 is 10.6 Å². The van der Waals surface area contributed by atoms with Gasteiger partial charge < -0.3 is 15.2 Å². The van der Waals surface area contributed by atoms with E-state index in [1.165, 1.54) is 12.8 Å². The molecule has 1 saturated carbocycles. The molecule has 0 aliphatic heterocycles. The highest BCUT2D eigenvalue weighted by Gasteiger charge is 2.21. The number of aryl methyl sites for hydroxylation is 1. The molecule has 2 aromatic rings. The number of para-hydroxylation sites is 2. The molecule has 1 aliphatic rings. The number of guanidine groups is 1. The summed E-state index contributed by atoms with van der Waals surface area (Å²) in [7, 11) is 2.05. The average Bonchev–Trinajstić information content (AvgIpc) is 3.27. The molecule has 0 atom stereocenters. The van der Waals surface area contributed by atoms with Crippen LogP contribution in [0.25, 0.3) is 11.0 Å². The van der Waals surface area contributed by atoms with E-state index < -0.39 is 0 Å². The van der Waals surface area contributed by atoms with Crippen molar-refractivity contribution in [3.05, 3.63) is 30.1 Å². The van der Waals surface area contributed by atoms with Crippen LogP contribution in [-0.2, 0) is 13.6 Å². The molecule has 0 amide bonds. The summed E-state index contributed by atoms with van der Waals surface area (Å²) < 4.78 is 2.11. The highest BCUT2D eigenvalue weighted by atomic mass is 127. The van der Waals surface area contributed by atoms with Crippen LogP contribution in [0.15, 0.2) is 29.3 Å². The first kappa shape index (κ1) is 17.1. The molecule has 0 saturated heterocycles. The lowest BCUT2D eigenvalue weighted by molar-refractivity contribution is 0.731. The number of aliphatic imine (C=N–C) groups is 1. The van der Waals surface area contributed by atoms with Crippen LogP contribution in [0.3, 0.4) is 0 Å². The fraction of sp³-hybridized carbons (Fsp3) is 0.500. The Morgan fingerprint density at radius 2 is 2.09 bits per heavy atom. The predicted molar refractivity (Wildman–Crippen MR) is 102 cm³/mol. The maximum Gasteiger partial charge on any atom is 0.191 e. The molecule has 1 aromatic carbocycles. The first-order valence-corrected chi connectivity index (χ1v) is 7.70. The monoisotopic (exact) mass is 413 g/mol. The highest BCUT2D eigenvalue weighted by Crippen LogP contribution is 2.27. The minimum atomic E-state index is 0. The minimum absolute atomic E-state index is 0. The van der Waals surface area contributed by atoms with Gasteiger partial charge in [0.15, 0.2) is 5.96 Å². The Morgan fingerprint density at radius 3 is 2.77 bits per heavy atom. The van der Waals surface area contributed by atoms with Crippen molar-refractivity contribution >= 4 is 41.0 Å². The Morgan fingerprint density at radius 1 is 1.32 bits per heavy atom. The number of nitrogens with one attached hydrogen (secondary N) is 2. The van der Waals surface area contributed by atoms with Crippen molar-refractivity contribution in [2.75, 3.05) is 13.1 Å². The second kappa shape index (κ2) is 7.80. The first-order chi connectivity index (χ1) is 10.3. The number of rotatable bonds is 5. The summed E-state index contributed by atoms with van der Waals surface area (Å²) >= 11 is 0. The van der Waals surface area contributed by atoms with Crippen molar-refractivity contribution in [2.45, 2.75) is 26.3 Å². The number of benzene rings is 1. The van der Waals surface area contributed by atoms with Gasteiger partial charge in [-0.15, -0.1) is 24.0 Å². The maximum absolute atomic E-state index is 4.65. The SMILES string of the molecule is CCNC(=NCc1nc2ccccc2n1C)NCC1CC1.I.